The molecule has 1 aliphatic heterocycles. The fourth-order valence-corrected chi connectivity index (χ4v) is 2.40. The molecule has 1 heterocycles. The van der Waals surface area contributed by atoms with E-state index >= 15 is 0 Å². The number of morpholine rings is 1. The van der Waals surface area contributed by atoms with Gasteiger partial charge in [0.25, 0.3) is 0 Å². The molecule has 1 N–H and O–H groups in total. The van der Waals surface area contributed by atoms with Gasteiger partial charge in [0.05, 0.1) is 16.7 Å². The second kappa shape index (κ2) is 6.63. The van der Waals surface area contributed by atoms with Gasteiger partial charge in [0.1, 0.15) is 6.23 Å². The smallest absolute Gasteiger partial charge is 0.409 e. The second-order valence-electron chi connectivity index (χ2n) is 4.70. The summed E-state index contributed by atoms with van der Waals surface area (Å²) in [5.41, 5.74) is 1.04. The van der Waals surface area contributed by atoms with Gasteiger partial charge in [-0.05, 0) is 17.7 Å². The van der Waals surface area contributed by atoms with Gasteiger partial charge in [-0.3, -0.25) is 9.80 Å². The van der Waals surface area contributed by atoms with Gasteiger partial charge in [-0.25, -0.2) is 4.79 Å². The molecule has 1 aliphatic rings. The van der Waals surface area contributed by atoms with Crippen LogP contribution in [0.15, 0.2) is 18.2 Å². The summed E-state index contributed by atoms with van der Waals surface area (Å²) in [5, 5.41) is 10.0. The average molecular weight is 319 g/mol. The summed E-state index contributed by atoms with van der Waals surface area (Å²) < 4.78 is 5.47. The Bertz CT molecular complexity index is 499. The molecule has 0 aliphatic carbocycles. The van der Waals surface area contributed by atoms with Gasteiger partial charge in [-0.2, -0.15) is 0 Å². The van der Waals surface area contributed by atoms with Crippen LogP contribution in [0.5, 0.6) is 0 Å². The Kier molecular flexibility index (Phi) is 5.10. The normalized spacial score (nSPS) is 19.9. The van der Waals surface area contributed by atoms with Crippen LogP contribution in [0, 0.1) is 0 Å². The second-order valence-corrected chi connectivity index (χ2v) is 5.52. The summed E-state index contributed by atoms with van der Waals surface area (Å²) in [6.45, 7) is 2.47. The van der Waals surface area contributed by atoms with Crippen LogP contribution in [-0.2, 0) is 11.3 Å². The van der Waals surface area contributed by atoms with E-state index in [4.69, 9.17) is 33.0 Å². The predicted octanol–water partition coefficient (Wildman–Crippen LogP) is 2.76. The molecule has 1 unspecified atom stereocenters. The number of benzene rings is 1. The van der Waals surface area contributed by atoms with Crippen LogP contribution in [0.25, 0.3) is 0 Å². The van der Waals surface area contributed by atoms with Gasteiger partial charge in [-0.1, -0.05) is 29.3 Å². The van der Waals surface area contributed by atoms with Crippen molar-refractivity contribution in [3.8, 4) is 0 Å². The topological polar surface area (TPSA) is 53.0 Å². The minimum Gasteiger partial charge on any atom is -0.465 e. The maximum absolute atomic E-state index is 10.9. The summed E-state index contributed by atoms with van der Waals surface area (Å²) >= 11 is 11.9. The lowest BCUT2D eigenvalue weighted by Crippen LogP contribution is -2.50. The van der Waals surface area contributed by atoms with Gasteiger partial charge in [-0.15, -0.1) is 0 Å². The van der Waals surface area contributed by atoms with Crippen LogP contribution in [-0.4, -0.2) is 54.0 Å². The van der Waals surface area contributed by atoms with Crippen LogP contribution in [0.3, 0.4) is 0 Å². The third-order valence-electron chi connectivity index (χ3n) is 3.26. The molecule has 20 heavy (non-hydrogen) atoms. The van der Waals surface area contributed by atoms with Crippen LogP contribution in [0.4, 0.5) is 4.79 Å². The highest BCUT2D eigenvalue weighted by Crippen LogP contribution is 2.23. The summed E-state index contributed by atoms with van der Waals surface area (Å²) in [6.07, 6.45) is -1.43. The fourth-order valence-electron chi connectivity index (χ4n) is 2.08. The van der Waals surface area contributed by atoms with Crippen molar-refractivity contribution in [2.24, 2.45) is 0 Å². The molecule has 110 valence electrons. The summed E-state index contributed by atoms with van der Waals surface area (Å²) in [5.74, 6) is 0. The Balaban J connectivity index is 1.99. The molecular formula is C13H16Cl2N2O3. The summed E-state index contributed by atoms with van der Waals surface area (Å²) in [4.78, 5) is 14.3. The Labute approximate surface area is 127 Å². The van der Waals surface area contributed by atoms with E-state index in [0.29, 0.717) is 29.7 Å². The Morgan fingerprint density at radius 1 is 1.50 bits per heavy atom. The SMILES string of the molecule is CN(C(=O)O)C1CN(Cc2ccc(Cl)c(Cl)c2)CCO1. The first kappa shape index (κ1) is 15.4. The fraction of sp³-hybridized carbons (Fsp3) is 0.462. The molecule has 1 aromatic carbocycles. The van der Waals surface area contributed by atoms with E-state index in [1.807, 2.05) is 12.1 Å². The van der Waals surface area contributed by atoms with Gasteiger partial charge in [0.15, 0.2) is 0 Å². The van der Waals surface area contributed by atoms with E-state index in [9.17, 15) is 4.79 Å². The first-order valence-corrected chi connectivity index (χ1v) is 6.96. The van der Waals surface area contributed by atoms with Gasteiger partial charge < -0.3 is 9.84 Å². The number of rotatable bonds is 3. The van der Waals surface area contributed by atoms with Crippen molar-refractivity contribution in [2.75, 3.05) is 26.7 Å². The van der Waals surface area contributed by atoms with Crippen LogP contribution in [0.1, 0.15) is 5.56 Å². The lowest BCUT2D eigenvalue weighted by Gasteiger charge is -2.36. The molecule has 2 rings (SSSR count). The number of nitrogens with zero attached hydrogens (tertiary/aromatic N) is 2. The van der Waals surface area contributed by atoms with Crippen LogP contribution >= 0.6 is 23.2 Å². The molecule has 7 heteroatoms. The van der Waals surface area contributed by atoms with Crippen molar-refractivity contribution in [3.05, 3.63) is 33.8 Å². The highest BCUT2D eigenvalue weighted by Gasteiger charge is 2.26. The molecule has 1 aromatic rings. The molecule has 0 radical (unpaired) electrons. The quantitative estimate of drug-likeness (QED) is 0.931. The lowest BCUT2D eigenvalue weighted by molar-refractivity contribution is -0.0944. The standard InChI is InChI=1S/C13H16Cl2N2O3/c1-16(13(18)19)12-8-17(4-5-20-12)7-9-2-3-10(14)11(15)6-9/h2-3,6,12H,4-5,7-8H2,1H3,(H,18,19). The number of halogens is 2. The summed E-state index contributed by atoms with van der Waals surface area (Å²) in [6, 6.07) is 5.51. The minimum absolute atomic E-state index is 0.441. The number of ether oxygens (including phenoxy) is 1. The molecule has 1 amide bonds. The van der Waals surface area contributed by atoms with Crippen molar-refractivity contribution in [1.29, 1.82) is 0 Å². The van der Waals surface area contributed by atoms with Crippen LogP contribution in [0.2, 0.25) is 10.0 Å². The third-order valence-corrected chi connectivity index (χ3v) is 4.00. The molecule has 0 spiro atoms. The molecule has 1 fully saturated rings. The largest absolute Gasteiger partial charge is 0.465 e. The maximum Gasteiger partial charge on any atom is 0.409 e. The Morgan fingerprint density at radius 3 is 2.90 bits per heavy atom. The van der Waals surface area contributed by atoms with E-state index in [0.717, 1.165) is 12.1 Å². The number of carboxylic acid groups (broad SMARTS) is 1. The molecule has 0 saturated carbocycles. The summed E-state index contributed by atoms with van der Waals surface area (Å²) in [7, 11) is 1.51. The maximum atomic E-state index is 10.9. The van der Waals surface area contributed by atoms with Crippen molar-refractivity contribution < 1.29 is 14.6 Å². The zero-order valence-electron chi connectivity index (χ0n) is 11.1. The average Bonchev–Trinajstić information content (AvgIpc) is 2.42. The Morgan fingerprint density at radius 2 is 2.25 bits per heavy atom. The van der Waals surface area contributed by atoms with Crippen molar-refractivity contribution >= 4 is 29.3 Å². The molecular weight excluding hydrogens is 303 g/mol. The lowest BCUT2D eigenvalue weighted by atomic mass is 10.2. The van der Waals surface area contributed by atoms with E-state index in [1.165, 1.54) is 11.9 Å². The van der Waals surface area contributed by atoms with Gasteiger partial charge >= 0.3 is 6.09 Å². The monoisotopic (exact) mass is 318 g/mol. The molecule has 0 bridgehead atoms. The Hall–Kier alpha value is -1.01. The van der Waals surface area contributed by atoms with Crippen molar-refractivity contribution in [2.45, 2.75) is 12.8 Å². The van der Waals surface area contributed by atoms with E-state index < -0.39 is 12.3 Å². The van der Waals surface area contributed by atoms with Crippen LogP contribution < -0.4 is 0 Å². The van der Waals surface area contributed by atoms with E-state index in [-0.39, 0.29) is 0 Å². The van der Waals surface area contributed by atoms with Crippen molar-refractivity contribution in [3.63, 3.8) is 0 Å². The first-order chi connectivity index (χ1) is 9.47. The number of amides is 1. The van der Waals surface area contributed by atoms with E-state index in [1.54, 1.807) is 6.07 Å². The molecule has 1 atom stereocenters. The number of likely N-dealkylation sites (N-methyl/N-ethyl adjacent to an activating group) is 1. The minimum atomic E-state index is -0.994. The third kappa shape index (κ3) is 3.76. The van der Waals surface area contributed by atoms with E-state index in [2.05, 4.69) is 4.90 Å². The zero-order chi connectivity index (χ0) is 14.7. The first-order valence-electron chi connectivity index (χ1n) is 6.21. The number of carbonyl (C=O) groups is 1. The van der Waals surface area contributed by atoms with Gasteiger partial charge in [0.2, 0.25) is 0 Å². The molecule has 5 nitrogen and oxygen atoms in total. The highest BCUT2D eigenvalue weighted by molar-refractivity contribution is 6.42. The molecule has 0 aromatic heterocycles. The number of hydrogen-bond acceptors (Lipinski definition) is 3. The predicted molar refractivity (Wildman–Crippen MR) is 77.3 cm³/mol. The number of hydrogen-bond donors (Lipinski definition) is 1. The van der Waals surface area contributed by atoms with Crippen molar-refractivity contribution in [1.82, 2.24) is 9.80 Å². The highest BCUT2D eigenvalue weighted by atomic mass is 35.5. The molecule has 1 saturated heterocycles. The zero-order valence-corrected chi connectivity index (χ0v) is 12.6. The van der Waals surface area contributed by atoms with Gasteiger partial charge in [0, 0.05) is 26.7 Å².